The van der Waals surface area contributed by atoms with Gasteiger partial charge < -0.3 is 5.21 Å². The van der Waals surface area contributed by atoms with Crippen LogP contribution in [0.4, 0.5) is 0 Å². The summed E-state index contributed by atoms with van der Waals surface area (Å²) in [5.41, 5.74) is 1.53. The van der Waals surface area contributed by atoms with E-state index in [4.69, 9.17) is 0 Å². The van der Waals surface area contributed by atoms with Gasteiger partial charge in [-0.25, -0.2) is 0 Å². The van der Waals surface area contributed by atoms with Gasteiger partial charge in [-0.1, -0.05) is 36.4 Å². The summed E-state index contributed by atoms with van der Waals surface area (Å²) in [6, 6.07) is 16.2. The topological polar surface area (TPSA) is 68.6 Å². The Kier molecular flexibility index (Phi) is 4.12. The number of rotatable bonds is 3. The molecule has 1 amide bonds. The van der Waals surface area contributed by atoms with Gasteiger partial charge in [-0.2, -0.15) is 5.10 Å². The third kappa shape index (κ3) is 3.09. The van der Waals surface area contributed by atoms with Crippen molar-refractivity contribution in [2.45, 2.75) is 6.92 Å². The van der Waals surface area contributed by atoms with Gasteiger partial charge in [0.25, 0.3) is 5.91 Å². The zero-order chi connectivity index (χ0) is 16.2. The first kappa shape index (κ1) is 14.9. The van der Waals surface area contributed by atoms with Crippen molar-refractivity contribution >= 4 is 22.4 Å². The fourth-order valence-electron chi connectivity index (χ4n) is 2.35. The number of carbonyl (C=O) groups is 1. The Morgan fingerprint density at radius 2 is 1.74 bits per heavy atom. The minimum Gasteiger partial charge on any atom is -0.735 e. The summed E-state index contributed by atoms with van der Waals surface area (Å²) in [7, 11) is 0. The molecule has 0 aliphatic heterocycles. The Morgan fingerprint density at radius 1 is 1.04 bits per heavy atom. The van der Waals surface area contributed by atoms with Crippen LogP contribution in [0, 0.1) is 5.21 Å². The first-order valence-electron chi connectivity index (χ1n) is 7.12. The van der Waals surface area contributed by atoms with Crippen LogP contribution in [-0.4, -0.2) is 21.8 Å². The van der Waals surface area contributed by atoms with Crippen LogP contribution in [0.1, 0.15) is 22.8 Å². The standard InChI is InChI=1S/C18H14N3O2/c1-13(14-9-11-19-12-10-14)20-21(23)18(22)17-8-4-6-15-5-2-3-7-16(15)17/h2-12H,1H3/q-1. The van der Waals surface area contributed by atoms with E-state index in [1.807, 2.05) is 30.3 Å². The number of benzene rings is 2. The number of nitrogens with zero attached hydrogens (tertiary/aromatic N) is 3. The monoisotopic (exact) mass is 304 g/mol. The summed E-state index contributed by atoms with van der Waals surface area (Å²) >= 11 is 0. The maximum atomic E-state index is 12.4. The van der Waals surface area contributed by atoms with Gasteiger partial charge in [0.05, 0.1) is 5.71 Å². The molecule has 3 aromatic rings. The number of hydrazone groups is 1. The van der Waals surface area contributed by atoms with E-state index in [-0.39, 0.29) is 5.17 Å². The minimum atomic E-state index is -0.685. The lowest BCUT2D eigenvalue weighted by Gasteiger charge is -2.23. The van der Waals surface area contributed by atoms with E-state index >= 15 is 0 Å². The first-order valence-corrected chi connectivity index (χ1v) is 7.12. The van der Waals surface area contributed by atoms with E-state index in [0.717, 1.165) is 16.3 Å². The quantitative estimate of drug-likeness (QED) is 0.548. The van der Waals surface area contributed by atoms with Gasteiger partial charge in [-0.15, -0.1) is 0 Å². The molecule has 0 saturated carbocycles. The lowest BCUT2D eigenvalue weighted by molar-refractivity contribution is 0.0828. The highest BCUT2D eigenvalue weighted by Gasteiger charge is 2.11. The third-order valence-corrected chi connectivity index (χ3v) is 3.53. The molecule has 0 fully saturated rings. The number of amides is 1. The molecule has 23 heavy (non-hydrogen) atoms. The van der Waals surface area contributed by atoms with Gasteiger partial charge in [0.15, 0.2) is 0 Å². The number of aromatic nitrogens is 1. The number of carbonyl (C=O) groups excluding carboxylic acids is 1. The Bertz CT molecular complexity index is 870. The molecule has 0 saturated heterocycles. The second kappa shape index (κ2) is 6.37. The SMILES string of the molecule is CC(=NN([O-])C(=O)c1cccc2ccccc12)c1ccncc1. The zero-order valence-electron chi connectivity index (χ0n) is 12.5. The molecule has 1 heterocycles. The van der Waals surface area contributed by atoms with Crippen LogP contribution >= 0.6 is 0 Å². The van der Waals surface area contributed by atoms with Gasteiger partial charge in [-0.05, 0) is 35.9 Å². The smallest absolute Gasteiger partial charge is 0.264 e. The van der Waals surface area contributed by atoms with Crippen LogP contribution in [0.15, 0.2) is 72.1 Å². The Hall–Kier alpha value is -3.05. The molecule has 3 rings (SSSR count). The zero-order valence-corrected chi connectivity index (χ0v) is 12.5. The van der Waals surface area contributed by atoms with Crippen molar-refractivity contribution in [2.75, 3.05) is 0 Å². The Morgan fingerprint density at radius 3 is 2.52 bits per heavy atom. The lowest BCUT2D eigenvalue weighted by Crippen LogP contribution is -2.21. The summed E-state index contributed by atoms with van der Waals surface area (Å²) in [5.74, 6) is -0.685. The molecular weight excluding hydrogens is 290 g/mol. The van der Waals surface area contributed by atoms with E-state index in [0.29, 0.717) is 11.3 Å². The molecule has 0 bridgehead atoms. The van der Waals surface area contributed by atoms with Crippen LogP contribution in [0.25, 0.3) is 10.8 Å². The number of fused-ring (bicyclic) bond motifs is 1. The molecular formula is C18H14N3O2-. The highest BCUT2D eigenvalue weighted by Crippen LogP contribution is 2.20. The fourth-order valence-corrected chi connectivity index (χ4v) is 2.35. The summed E-state index contributed by atoms with van der Waals surface area (Å²) < 4.78 is 0. The predicted molar refractivity (Wildman–Crippen MR) is 89.9 cm³/mol. The molecule has 0 aliphatic carbocycles. The molecule has 0 radical (unpaired) electrons. The van der Waals surface area contributed by atoms with Gasteiger partial charge in [-0.3, -0.25) is 15.0 Å². The van der Waals surface area contributed by atoms with Crippen LogP contribution < -0.4 is 0 Å². The summed E-state index contributed by atoms with van der Waals surface area (Å²) in [4.78, 5) is 16.3. The Balaban J connectivity index is 1.93. The third-order valence-electron chi connectivity index (χ3n) is 3.53. The van der Waals surface area contributed by atoms with Crippen molar-refractivity contribution in [1.82, 2.24) is 10.2 Å². The van der Waals surface area contributed by atoms with Crippen molar-refractivity contribution in [3.8, 4) is 0 Å². The number of hydrogen-bond acceptors (Lipinski definition) is 4. The molecule has 0 spiro atoms. The van der Waals surface area contributed by atoms with E-state index in [9.17, 15) is 10.0 Å². The van der Waals surface area contributed by atoms with Crippen molar-refractivity contribution in [1.29, 1.82) is 0 Å². The molecule has 5 nitrogen and oxygen atoms in total. The van der Waals surface area contributed by atoms with Crippen LogP contribution in [-0.2, 0) is 0 Å². The van der Waals surface area contributed by atoms with Gasteiger partial charge in [0, 0.05) is 23.5 Å². The number of hydroxylamine groups is 1. The van der Waals surface area contributed by atoms with Gasteiger partial charge >= 0.3 is 0 Å². The van der Waals surface area contributed by atoms with E-state index in [2.05, 4.69) is 10.1 Å². The second-order valence-electron chi connectivity index (χ2n) is 5.03. The lowest BCUT2D eigenvalue weighted by atomic mass is 10.0. The molecule has 1 aromatic heterocycles. The maximum absolute atomic E-state index is 12.4. The molecule has 114 valence electrons. The van der Waals surface area contributed by atoms with E-state index in [1.165, 1.54) is 0 Å². The molecule has 0 N–H and O–H groups in total. The highest BCUT2D eigenvalue weighted by atomic mass is 16.5. The van der Waals surface area contributed by atoms with Crippen molar-refractivity contribution in [3.05, 3.63) is 83.3 Å². The van der Waals surface area contributed by atoms with E-state index < -0.39 is 5.91 Å². The van der Waals surface area contributed by atoms with Crippen molar-refractivity contribution in [2.24, 2.45) is 5.10 Å². The molecule has 5 heteroatoms. The van der Waals surface area contributed by atoms with Gasteiger partial charge in [0.1, 0.15) is 0 Å². The predicted octanol–water partition coefficient (Wildman–Crippen LogP) is 3.60. The summed E-state index contributed by atoms with van der Waals surface area (Å²) in [6.07, 6.45) is 3.21. The van der Waals surface area contributed by atoms with Crippen LogP contribution in [0.2, 0.25) is 0 Å². The van der Waals surface area contributed by atoms with Crippen LogP contribution in [0.3, 0.4) is 0 Å². The number of hydrogen-bond donors (Lipinski definition) is 0. The molecule has 0 unspecified atom stereocenters. The Labute approximate surface area is 133 Å². The normalized spacial score (nSPS) is 11.5. The van der Waals surface area contributed by atoms with Crippen molar-refractivity contribution < 1.29 is 4.79 Å². The van der Waals surface area contributed by atoms with Crippen LogP contribution in [0.5, 0.6) is 0 Å². The average Bonchev–Trinajstić information content (AvgIpc) is 2.61. The average molecular weight is 304 g/mol. The molecule has 0 aliphatic rings. The molecule has 0 atom stereocenters. The van der Waals surface area contributed by atoms with Crippen molar-refractivity contribution in [3.63, 3.8) is 0 Å². The largest absolute Gasteiger partial charge is 0.735 e. The second-order valence-corrected chi connectivity index (χ2v) is 5.03. The molecule has 2 aromatic carbocycles. The minimum absolute atomic E-state index is 0.136. The van der Waals surface area contributed by atoms with Gasteiger partial charge in [0.2, 0.25) is 0 Å². The number of pyridine rings is 1. The highest BCUT2D eigenvalue weighted by molar-refractivity contribution is 6.08. The first-order chi connectivity index (χ1) is 11.2. The van der Waals surface area contributed by atoms with E-state index in [1.54, 1.807) is 43.6 Å². The summed E-state index contributed by atoms with van der Waals surface area (Å²) in [5, 5.41) is 17.8. The fraction of sp³-hybridized carbons (Fsp3) is 0.0556. The summed E-state index contributed by atoms with van der Waals surface area (Å²) in [6.45, 7) is 1.68. The maximum Gasteiger partial charge on any atom is 0.264 e.